The fraction of sp³-hybridized carbons (Fsp3) is 0.518. The van der Waals surface area contributed by atoms with Crippen LogP contribution in [0.5, 0.6) is 0 Å². The first-order valence-electron chi connectivity index (χ1n) is 37.3. The highest BCUT2D eigenvalue weighted by atomic mass is 32.2. The van der Waals surface area contributed by atoms with Crippen LogP contribution < -0.4 is 0 Å². The molecule has 0 fully saturated rings. The van der Waals surface area contributed by atoms with Crippen LogP contribution in [0.15, 0.2) is 204 Å². The van der Waals surface area contributed by atoms with E-state index in [9.17, 15) is 22.8 Å². The molecule has 0 spiro atoms. The highest BCUT2D eigenvalue weighted by Gasteiger charge is 2.29. The van der Waals surface area contributed by atoms with Gasteiger partial charge in [0.05, 0.1) is 30.6 Å². The van der Waals surface area contributed by atoms with E-state index in [2.05, 4.69) is 141 Å². The number of ether oxygens (including phenoxy) is 3. The van der Waals surface area contributed by atoms with Crippen molar-refractivity contribution in [2.75, 3.05) is 52.5 Å². The molecule has 0 aliphatic heterocycles. The zero-order valence-corrected chi connectivity index (χ0v) is 61.1. The van der Waals surface area contributed by atoms with E-state index in [4.69, 9.17) is 14.2 Å². The second-order valence-electron chi connectivity index (χ2n) is 26.6. The number of unbranched alkanes of at least 4 members (excludes halogenated alkanes) is 9. The number of sulfone groups is 1. The summed E-state index contributed by atoms with van der Waals surface area (Å²) in [5, 5.41) is 0. The van der Waals surface area contributed by atoms with Crippen LogP contribution in [0.2, 0.25) is 0 Å². The normalized spacial score (nSPS) is 13.4. The highest BCUT2D eigenvalue weighted by molar-refractivity contribution is 7.96. The molecule has 5 aromatic carbocycles. The Morgan fingerprint density at radius 1 is 0.412 bits per heavy atom. The van der Waals surface area contributed by atoms with Crippen LogP contribution in [0.25, 0.3) is 0 Å². The Morgan fingerprint density at radius 2 is 0.804 bits per heavy atom. The molecule has 0 N–H and O–H groups in total. The smallest absolute Gasteiger partial charge is 0.350 e. The topological polar surface area (TPSA) is 123 Å². The molecule has 0 aliphatic carbocycles. The number of hydrogen-bond acceptors (Lipinski definition) is 11. The molecule has 530 valence electrons. The molecule has 0 amide bonds. The summed E-state index contributed by atoms with van der Waals surface area (Å²) in [7, 11) is -4.17. The number of esters is 3. The monoisotopic (exact) mass is 1340 g/mol. The van der Waals surface area contributed by atoms with Gasteiger partial charge in [-0.05, 0) is 167 Å². The molecular formula is C85H121N3O8S. The number of benzene rings is 5. The van der Waals surface area contributed by atoms with Crippen LogP contribution in [-0.2, 0) is 64.4 Å². The fourth-order valence-electron chi connectivity index (χ4n) is 12.3. The Morgan fingerprint density at radius 3 is 1.26 bits per heavy atom. The second-order valence-corrected chi connectivity index (χ2v) is 28.5. The Bertz CT molecular complexity index is 3120. The lowest BCUT2D eigenvalue weighted by Crippen LogP contribution is -2.29. The average Bonchev–Trinajstić information content (AvgIpc) is 0.820. The van der Waals surface area contributed by atoms with Crippen molar-refractivity contribution < 1.29 is 37.0 Å². The predicted molar refractivity (Wildman–Crippen MR) is 401 cm³/mol. The van der Waals surface area contributed by atoms with Crippen LogP contribution >= 0.6 is 0 Å². The van der Waals surface area contributed by atoms with Gasteiger partial charge in [-0.3, -0.25) is 4.79 Å². The first kappa shape index (κ1) is 80.7. The van der Waals surface area contributed by atoms with Gasteiger partial charge in [-0.1, -0.05) is 271 Å². The van der Waals surface area contributed by atoms with E-state index in [1.54, 1.807) is 24.3 Å². The zero-order valence-electron chi connectivity index (χ0n) is 60.3. The summed E-state index contributed by atoms with van der Waals surface area (Å²) in [6.07, 6.45) is 34.8. The Balaban J connectivity index is 1.27. The maximum absolute atomic E-state index is 14.1. The lowest BCUT2D eigenvalue weighted by Gasteiger charge is -2.24. The molecule has 0 aliphatic rings. The third kappa shape index (κ3) is 33.4. The summed E-state index contributed by atoms with van der Waals surface area (Å²) in [4.78, 5) is 48.4. The van der Waals surface area contributed by atoms with E-state index in [0.717, 1.165) is 197 Å². The van der Waals surface area contributed by atoms with Gasteiger partial charge < -0.3 is 28.9 Å². The molecular weight excluding hydrogens is 1220 g/mol. The first-order chi connectivity index (χ1) is 47.4. The molecule has 4 unspecified atom stereocenters. The summed E-state index contributed by atoms with van der Waals surface area (Å²) in [6, 6.07) is 49.5. The number of allylic oxidation sites excluding steroid dienone is 4. The number of hydrogen-bond donors (Lipinski definition) is 0. The Labute approximate surface area is 587 Å². The SMILES string of the molecule is CCCCC(CC)COC(=O)/C(=C/C=C/N(CCCCCCN(CCCCCCN(/C=C/C=C(\Cc1ccccc1)C(=O)OCC(CC)CCCC)Cc1ccccc1)CCCC(Cc1ccccc1)C(=O)OCC(CC)CCCC)Cc1ccccc1)S(=O)(=O)c1ccccc1. The fourth-order valence-corrected chi connectivity index (χ4v) is 13.6. The van der Waals surface area contributed by atoms with Gasteiger partial charge in [0.1, 0.15) is 0 Å². The third-order valence-electron chi connectivity index (χ3n) is 18.7. The number of carbonyl (C=O) groups excluding carboxylic acids is 3. The van der Waals surface area contributed by atoms with Gasteiger partial charge >= 0.3 is 17.9 Å². The van der Waals surface area contributed by atoms with E-state index in [1.165, 1.54) is 23.8 Å². The van der Waals surface area contributed by atoms with Crippen molar-refractivity contribution in [2.24, 2.45) is 23.7 Å². The number of nitrogens with zero attached hydrogens (tertiary/aromatic N) is 3. The van der Waals surface area contributed by atoms with E-state index in [1.807, 2.05) is 60.8 Å². The molecule has 97 heavy (non-hydrogen) atoms. The number of rotatable bonds is 53. The van der Waals surface area contributed by atoms with E-state index in [0.29, 0.717) is 50.0 Å². The molecule has 12 heteroatoms. The summed E-state index contributed by atoms with van der Waals surface area (Å²) in [5.41, 5.74) is 5.26. The van der Waals surface area contributed by atoms with E-state index < -0.39 is 15.8 Å². The summed E-state index contributed by atoms with van der Waals surface area (Å²) in [5.74, 6) is -0.438. The zero-order chi connectivity index (χ0) is 69.4. The van der Waals surface area contributed by atoms with Gasteiger partial charge in [0.2, 0.25) is 9.84 Å². The van der Waals surface area contributed by atoms with E-state index in [-0.39, 0.29) is 40.2 Å². The van der Waals surface area contributed by atoms with Gasteiger partial charge in [0.15, 0.2) is 4.91 Å². The lowest BCUT2D eigenvalue weighted by atomic mass is 9.94. The molecule has 0 saturated carbocycles. The maximum Gasteiger partial charge on any atom is 0.350 e. The van der Waals surface area contributed by atoms with Crippen molar-refractivity contribution in [1.82, 2.24) is 14.7 Å². The molecule has 5 rings (SSSR count). The molecule has 11 nitrogen and oxygen atoms in total. The largest absolute Gasteiger partial charge is 0.465 e. The van der Waals surface area contributed by atoms with Crippen molar-refractivity contribution in [2.45, 2.75) is 214 Å². The van der Waals surface area contributed by atoms with Crippen molar-refractivity contribution >= 4 is 27.7 Å². The molecule has 0 heterocycles. The van der Waals surface area contributed by atoms with Crippen molar-refractivity contribution in [3.8, 4) is 0 Å². The van der Waals surface area contributed by atoms with Crippen molar-refractivity contribution in [3.05, 3.63) is 221 Å². The minimum atomic E-state index is -4.17. The third-order valence-corrected chi connectivity index (χ3v) is 20.4. The Hall–Kier alpha value is -7.02. The second kappa shape index (κ2) is 49.5. The van der Waals surface area contributed by atoms with Gasteiger partial charge in [0, 0.05) is 38.2 Å². The molecule has 0 saturated heterocycles. The first-order valence-corrected chi connectivity index (χ1v) is 38.8. The van der Waals surface area contributed by atoms with Crippen LogP contribution in [0.3, 0.4) is 0 Å². The summed E-state index contributed by atoms with van der Waals surface area (Å²) in [6.45, 7) is 20.0. The standard InChI is InChI=1S/C85H121N3O8S/c1-7-13-42-72(10-4)69-94-83(89)79(65-75-45-25-20-26-46-75)53-39-62-86(58-35-16-18-37-60-87(67-77-49-29-22-30-50-77)63-40-54-80(66-76-47-27-21-28-48-76)84(90)95-70-73(11-5)43-14-8-2)59-36-17-19-38-61-88(68-78-51-31-23-32-52-78)64-41-57-82(97(92,93)81-55-33-24-34-56-81)85(91)96-71-74(12-6)44-15-9-3/h20-34,40-41,45-52,54-57,63-64,72-74,79H,7-19,35-39,42-44,53,58-62,65-71H2,1-6H3/b63-40+,64-41+,80-54+,82-57-. The number of carbonyl (C=O) groups is 3. The minimum Gasteiger partial charge on any atom is -0.465 e. The molecule has 0 bridgehead atoms. The summed E-state index contributed by atoms with van der Waals surface area (Å²) >= 11 is 0. The summed E-state index contributed by atoms with van der Waals surface area (Å²) < 4.78 is 46.1. The van der Waals surface area contributed by atoms with Gasteiger partial charge in [0.25, 0.3) is 0 Å². The van der Waals surface area contributed by atoms with Gasteiger partial charge in [-0.15, -0.1) is 0 Å². The van der Waals surface area contributed by atoms with Crippen LogP contribution in [0.4, 0.5) is 0 Å². The molecule has 4 atom stereocenters. The molecule has 5 aromatic rings. The minimum absolute atomic E-state index is 0.0509. The van der Waals surface area contributed by atoms with Crippen molar-refractivity contribution in [3.63, 3.8) is 0 Å². The van der Waals surface area contributed by atoms with Gasteiger partial charge in [-0.2, -0.15) is 0 Å². The van der Waals surface area contributed by atoms with Crippen LogP contribution in [0, 0.1) is 23.7 Å². The highest BCUT2D eigenvalue weighted by Crippen LogP contribution is 2.25. The molecule has 0 radical (unpaired) electrons. The molecule has 0 aromatic heterocycles. The quantitative estimate of drug-likeness (QED) is 0.0122. The van der Waals surface area contributed by atoms with Crippen LogP contribution in [-0.4, -0.2) is 93.6 Å². The Kier molecular flexibility index (Phi) is 41.1. The van der Waals surface area contributed by atoms with E-state index >= 15 is 0 Å². The van der Waals surface area contributed by atoms with Crippen LogP contribution in [0.1, 0.15) is 205 Å². The van der Waals surface area contributed by atoms with Crippen molar-refractivity contribution in [1.29, 1.82) is 0 Å². The maximum atomic E-state index is 14.1. The lowest BCUT2D eigenvalue weighted by molar-refractivity contribution is -0.150. The average molecular weight is 1340 g/mol. The van der Waals surface area contributed by atoms with Gasteiger partial charge in [-0.25, -0.2) is 18.0 Å². The predicted octanol–water partition coefficient (Wildman–Crippen LogP) is 19.9.